The second-order valence-corrected chi connectivity index (χ2v) is 5.08. The van der Waals surface area contributed by atoms with E-state index < -0.39 is 0 Å². The van der Waals surface area contributed by atoms with E-state index in [9.17, 15) is 0 Å². The molecule has 2 aromatic rings. The molecule has 3 rings (SSSR count). The van der Waals surface area contributed by atoms with Crippen molar-refractivity contribution in [2.45, 2.75) is 39.0 Å². The number of allylic oxidation sites excluding steroid dienone is 1. The van der Waals surface area contributed by atoms with Crippen LogP contribution in [0.5, 0.6) is 0 Å². The van der Waals surface area contributed by atoms with Gasteiger partial charge < -0.3 is 4.57 Å². The van der Waals surface area contributed by atoms with Crippen molar-refractivity contribution in [2.24, 2.45) is 0 Å². The van der Waals surface area contributed by atoms with Crippen molar-refractivity contribution in [3.05, 3.63) is 41.6 Å². The van der Waals surface area contributed by atoms with Gasteiger partial charge in [0.25, 0.3) is 0 Å². The highest BCUT2D eigenvalue weighted by molar-refractivity contribution is 5.85. The van der Waals surface area contributed by atoms with Crippen molar-refractivity contribution in [3.8, 4) is 0 Å². The maximum atomic E-state index is 2.36. The largest absolute Gasteiger partial charge is 0.323 e. The summed E-state index contributed by atoms with van der Waals surface area (Å²) in [5.74, 6) is 0. The second-order valence-electron chi connectivity index (χ2n) is 5.08. The molecule has 1 heteroatoms. The Labute approximate surface area is 103 Å². The number of aromatic nitrogens is 1. The zero-order chi connectivity index (χ0) is 11.7. The Morgan fingerprint density at radius 1 is 1.06 bits per heavy atom. The van der Waals surface area contributed by atoms with Gasteiger partial charge in [-0.2, -0.15) is 0 Å². The van der Waals surface area contributed by atoms with E-state index in [1.807, 2.05) is 0 Å². The highest BCUT2D eigenvalue weighted by Gasteiger charge is 2.07. The first kappa shape index (κ1) is 10.6. The van der Waals surface area contributed by atoms with Gasteiger partial charge in [-0.15, -0.1) is 0 Å². The number of fused-ring (bicyclic) bond motifs is 1. The maximum absolute atomic E-state index is 2.36. The lowest BCUT2D eigenvalue weighted by Crippen LogP contribution is -1.95. The third-order valence-electron chi connectivity index (χ3n) is 3.76. The summed E-state index contributed by atoms with van der Waals surface area (Å²) in [5.41, 5.74) is 4.31. The topological polar surface area (TPSA) is 4.93 Å². The molecule has 0 saturated heterocycles. The molecule has 0 unspecified atom stereocenters. The first-order valence-electron chi connectivity index (χ1n) is 6.60. The van der Waals surface area contributed by atoms with Crippen LogP contribution in [0.3, 0.4) is 0 Å². The minimum absolute atomic E-state index is 1.28. The molecule has 1 saturated carbocycles. The van der Waals surface area contributed by atoms with Crippen molar-refractivity contribution < 1.29 is 0 Å². The Balaban J connectivity index is 2.05. The molecule has 0 aliphatic heterocycles. The Morgan fingerprint density at radius 2 is 1.82 bits per heavy atom. The van der Waals surface area contributed by atoms with E-state index in [2.05, 4.69) is 48.2 Å². The molecule has 0 radical (unpaired) electrons. The number of rotatable bonds is 1. The SMILES string of the molecule is Cc1cn(C=C2CCCCC2)c2ccccc12. The fraction of sp³-hybridized carbons (Fsp3) is 0.375. The average Bonchev–Trinajstić information content (AvgIpc) is 2.69. The molecular formula is C16H19N. The summed E-state index contributed by atoms with van der Waals surface area (Å²) in [6, 6.07) is 8.66. The van der Waals surface area contributed by atoms with Gasteiger partial charge in [-0.3, -0.25) is 0 Å². The zero-order valence-corrected chi connectivity index (χ0v) is 10.4. The molecule has 1 heterocycles. The van der Waals surface area contributed by atoms with Crippen LogP contribution in [0.2, 0.25) is 0 Å². The third kappa shape index (κ3) is 2.02. The number of hydrogen-bond acceptors (Lipinski definition) is 0. The Hall–Kier alpha value is -1.50. The summed E-state index contributed by atoms with van der Waals surface area (Å²) in [4.78, 5) is 0. The molecule has 0 bridgehead atoms. The van der Waals surface area contributed by atoms with Gasteiger partial charge in [-0.1, -0.05) is 30.2 Å². The minimum Gasteiger partial charge on any atom is -0.323 e. The van der Waals surface area contributed by atoms with Crippen molar-refractivity contribution in [1.82, 2.24) is 4.57 Å². The predicted molar refractivity (Wildman–Crippen MR) is 74.0 cm³/mol. The van der Waals surface area contributed by atoms with E-state index in [1.165, 1.54) is 48.6 Å². The quantitative estimate of drug-likeness (QED) is 0.659. The molecule has 17 heavy (non-hydrogen) atoms. The van der Waals surface area contributed by atoms with Crippen LogP contribution in [0.25, 0.3) is 17.1 Å². The van der Waals surface area contributed by atoms with Gasteiger partial charge >= 0.3 is 0 Å². The van der Waals surface area contributed by atoms with Crippen LogP contribution in [0.1, 0.15) is 37.7 Å². The third-order valence-corrected chi connectivity index (χ3v) is 3.76. The van der Waals surface area contributed by atoms with E-state index in [0.717, 1.165) is 0 Å². The van der Waals surface area contributed by atoms with Crippen LogP contribution in [-0.4, -0.2) is 4.57 Å². The highest BCUT2D eigenvalue weighted by Crippen LogP contribution is 2.26. The summed E-state index contributed by atoms with van der Waals surface area (Å²) in [5, 5.41) is 1.38. The standard InChI is InChI=1S/C16H19N/c1-13-11-17(12-14-7-3-2-4-8-14)16-10-6-5-9-15(13)16/h5-6,9-12H,2-4,7-8H2,1H3. The van der Waals surface area contributed by atoms with Gasteiger partial charge in [0.15, 0.2) is 0 Å². The van der Waals surface area contributed by atoms with E-state index in [4.69, 9.17) is 0 Å². The van der Waals surface area contributed by atoms with Gasteiger partial charge in [0.1, 0.15) is 0 Å². The number of aryl methyl sites for hydroxylation is 1. The number of para-hydroxylation sites is 1. The first-order chi connectivity index (χ1) is 8.34. The van der Waals surface area contributed by atoms with Gasteiger partial charge in [-0.05, 0) is 44.2 Å². The Kier molecular flexibility index (Phi) is 2.76. The molecule has 1 nitrogen and oxygen atoms in total. The average molecular weight is 225 g/mol. The van der Waals surface area contributed by atoms with Crippen molar-refractivity contribution >= 4 is 17.1 Å². The van der Waals surface area contributed by atoms with Gasteiger partial charge in [0.05, 0.1) is 5.52 Å². The molecular weight excluding hydrogens is 206 g/mol. The van der Waals surface area contributed by atoms with Gasteiger partial charge in [-0.25, -0.2) is 0 Å². The summed E-state index contributed by atoms with van der Waals surface area (Å²) >= 11 is 0. The van der Waals surface area contributed by atoms with Crippen LogP contribution >= 0.6 is 0 Å². The van der Waals surface area contributed by atoms with E-state index in [1.54, 1.807) is 5.57 Å². The summed E-state index contributed by atoms with van der Waals surface area (Å²) in [7, 11) is 0. The molecule has 88 valence electrons. The van der Waals surface area contributed by atoms with Crippen molar-refractivity contribution in [2.75, 3.05) is 0 Å². The summed E-state index contributed by atoms with van der Waals surface area (Å²) in [6.07, 6.45) is 11.3. The molecule has 1 fully saturated rings. The second kappa shape index (κ2) is 4.40. The highest BCUT2D eigenvalue weighted by atomic mass is 14.9. The fourth-order valence-electron chi connectivity index (χ4n) is 2.82. The molecule has 0 amide bonds. The lowest BCUT2D eigenvalue weighted by atomic mass is 9.96. The fourth-order valence-corrected chi connectivity index (χ4v) is 2.82. The van der Waals surface area contributed by atoms with Gasteiger partial charge in [0, 0.05) is 17.8 Å². The van der Waals surface area contributed by atoms with Gasteiger partial charge in [0.2, 0.25) is 0 Å². The molecule has 1 aromatic heterocycles. The minimum atomic E-state index is 1.28. The Morgan fingerprint density at radius 3 is 2.65 bits per heavy atom. The lowest BCUT2D eigenvalue weighted by molar-refractivity contribution is 0.601. The van der Waals surface area contributed by atoms with E-state index in [0.29, 0.717) is 0 Å². The van der Waals surface area contributed by atoms with Crippen molar-refractivity contribution in [3.63, 3.8) is 0 Å². The normalized spacial score (nSPS) is 16.4. The van der Waals surface area contributed by atoms with Crippen LogP contribution < -0.4 is 0 Å². The molecule has 1 aromatic carbocycles. The van der Waals surface area contributed by atoms with Crippen LogP contribution in [0, 0.1) is 6.92 Å². The Bertz CT molecular complexity index is 552. The number of hydrogen-bond donors (Lipinski definition) is 0. The van der Waals surface area contributed by atoms with E-state index in [-0.39, 0.29) is 0 Å². The molecule has 1 aliphatic carbocycles. The summed E-state index contributed by atoms with van der Waals surface area (Å²) < 4.78 is 2.31. The van der Waals surface area contributed by atoms with Crippen LogP contribution in [0.4, 0.5) is 0 Å². The zero-order valence-electron chi connectivity index (χ0n) is 10.4. The molecule has 1 aliphatic rings. The lowest BCUT2D eigenvalue weighted by Gasteiger charge is -2.13. The predicted octanol–water partition coefficient (Wildman–Crippen LogP) is 4.75. The first-order valence-corrected chi connectivity index (χ1v) is 6.60. The molecule has 0 N–H and O–H groups in total. The smallest absolute Gasteiger partial charge is 0.0525 e. The monoisotopic (exact) mass is 225 g/mol. The van der Waals surface area contributed by atoms with Crippen molar-refractivity contribution in [1.29, 1.82) is 0 Å². The number of nitrogens with zero attached hydrogens (tertiary/aromatic N) is 1. The maximum Gasteiger partial charge on any atom is 0.0525 e. The summed E-state index contributed by atoms with van der Waals surface area (Å²) in [6.45, 7) is 2.19. The number of benzene rings is 1. The van der Waals surface area contributed by atoms with Crippen LogP contribution in [0.15, 0.2) is 36.0 Å². The molecule has 0 spiro atoms. The van der Waals surface area contributed by atoms with E-state index >= 15 is 0 Å². The molecule has 0 atom stereocenters. The van der Waals surface area contributed by atoms with Crippen LogP contribution in [-0.2, 0) is 0 Å².